The van der Waals surface area contributed by atoms with Crippen molar-refractivity contribution >= 4 is 5.57 Å². The first-order valence-electron chi connectivity index (χ1n) is 14.5. The fourth-order valence-electron chi connectivity index (χ4n) is 6.68. The maximum atomic E-state index is 12.6. The highest BCUT2D eigenvalue weighted by molar-refractivity contribution is 5.86. The van der Waals surface area contributed by atoms with Crippen LogP contribution in [-0.4, -0.2) is 56.3 Å². The fraction of sp³-hybridized carbons (Fsp3) is 0.515. The summed E-state index contributed by atoms with van der Waals surface area (Å²) < 4.78 is 30.9. The van der Waals surface area contributed by atoms with Gasteiger partial charge >= 0.3 is 0 Å². The van der Waals surface area contributed by atoms with Crippen LogP contribution >= 0.6 is 0 Å². The molecule has 4 aliphatic rings. The normalized spacial score (nSPS) is 23.4. The van der Waals surface area contributed by atoms with Gasteiger partial charge in [-0.2, -0.15) is 0 Å². The van der Waals surface area contributed by atoms with Gasteiger partial charge in [-0.1, -0.05) is 42.0 Å². The number of ether oxygens (including phenoxy) is 3. The van der Waals surface area contributed by atoms with Crippen molar-refractivity contribution in [2.75, 3.05) is 39.5 Å². The minimum atomic E-state index is -0.398. The molecule has 0 radical (unpaired) electrons. The molecule has 0 aromatic heterocycles. The van der Waals surface area contributed by atoms with Crippen LogP contribution in [0.2, 0.25) is 0 Å². The van der Waals surface area contributed by atoms with Crippen LogP contribution in [0, 0.1) is 6.92 Å². The summed E-state index contributed by atoms with van der Waals surface area (Å²) in [7, 11) is 0. The zero-order valence-corrected chi connectivity index (χ0v) is 22.6. The second-order valence-corrected chi connectivity index (χ2v) is 11.3. The highest BCUT2D eigenvalue weighted by Crippen LogP contribution is 2.44. The van der Waals surface area contributed by atoms with E-state index in [2.05, 4.69) is 60.4 Å². The Morgan fingerprint density at radius 1 is 1.05 bits per heavy atom. The van der Waals surface area contributed by atoms with Crippen LogP contribution in [-0.2, 0) is 15.9 Å². The van der Waals surface area contributed by atoms with Crippen LogP contribution in [0.1, 0.15) is 67.2 Å². The van der Waals surface area contributed by atoms with Gasteiger partial charge < -0.3 is 14.2 Å². The van der Waals surface area contributed by atoms with Gasteiger partial charge in [0.2, 0.25) is 0 Å². The first-order chi connectivity index (χ1) is 18.6. The Balaban J connectivity index is 1.29. The van der Waals surface area contributed by atoms with Crippen LogP contribution in [0.5, 0.6) is 5.75 Å². The Labute approximate surface area is 226 Å². The molecule has 2 aliphatic carbocycles. The zero-order valence-electron chi connectivity index (χ0n) is 22.6. The molecule has 2 saturated heterocycles. The lowest BCUT2D eigenvalue weighted by molar-refractivity contribution is -0.161. The molecule has 38 heavy (non-hydrogen) atoms. The standard InChI is InChI=1S/C33H40FNO3/c1-24-6-11-31-27(22-24)4-2-5-30(25-12-15-33(16-13-25)36-20-21-37-33)32(31)26-7-9-28(10-8-26)38-29-14-19-35(23-29)18-3-17-34/h6-12,22,29H,2-5,13-21,23H2,1H3/t29-/m0/s1. The summed E-state index contributed by atoms with van der Waals surface area (Å²) in [5.41, 5.74) is 9.70. The molecular weight excluding hydrogens is 477 g/mol. The van der Waals surface area contributed by atoms with E-state index in [9.17, 15) is 4.39 Å². The summed E-state index contributed by atoms with van der Waals surface area (Å²) in [6, 6.07) is 15.7. The smallest absolute Gasteiger partial charge is 0.172 e. The van der Waals surface area contributed by atoms with Crippen LogP contribution in [0.3, 0.4) is 0 Å². The third kappa shape index (κ3) is 5.47. The predicted molar refractivity (Wildman–Crippen MR) is 149 cm³/mol. The molecular formula is C33H40FNO3. The summed E-state index contributed by atoms with van der Waals surface area (Å²) in [5.74, 6) is 0.519. The van der Waals surface area contributed by atoms with Crippen LogP contribution in [0.4, 0.5) is 4.39 Å². The number of alkyl halides is 1. The molecule has 2 fully saturated rings. The monoisotopic (exact) mass is 517 g/mol. The zero-order chi connectivity index (χ0) is 26.0. The van der Waals surface area contributed by atoms with Crippen molar-refractivity contribution < 1.29 is 18.6 Å². The van der Waals surface area contributed by atoms with Crippen molar-refractivity contribution in [1.82, 2.24) is 4.90 Å². The summed E-state index contributed by atoms with van der Waals surface area (Å²) >= 11 is 0. The first-order valence-corrected chi connectivity index (χ1v) is 14.5. The van der Waals surface area contributed by atoms with Gasteiger partial charge in [0.15, 0.2) is 5.79 Å². The van der Waals surface area contributed by atoms with E-state index in [1.54, 1.807) is 0 Å². The molecule has 4 nitrogen and oxygen atoms in total. The number of nitrogens with zero attached hydrogens (tertiary/aromatic N) is 1. The highest BCUT2D eigenvalue weighted by atomic mass is 19.1. The van der Waals surface area contributed by atoms with Gasteiger partial charge in [-0.3, -0.25) is 9.29 Å². The molecule has 1 atom stereocenters. The molecule has 0 N–H and O–H groups in total. The van der Waals surface area contributed by atoms with E-state index in [0.717, 1.165) is 70.3 Å². The molecule has 202 valence electrons. The topological polar surface area (TPSA) is 30.9 Å². The molecule has 0 saturated carbocycles. The van der Waals surface area contributed by atoms with E-state index < -0.39 is 5.79 Å². The maximum absolute atomic E-state index is 12.6. The molecule has 1 spiro atoms. The number of hydrogen-bond donors (Lipinski definition) is 0. The van der Waals surface area contributed by atoms with Crippen molar-refractivity contribution in [3.8, 4) is 5.75 Å². The third-order valence-corrected chi connectivity index (χ3v) is 8.62. The van der Waals surface area contributed by atoms with Crippen molar-refractivity contribution in [3.63, 3.8) is 0 Å². The molecule has 5 heteroatoms. The van der Waals surface area contributed by atoms with Gasteiger partial charge in [-0.25, -0.2) is 0 Å². The third-order valence-electron chi connectivity index (χ3n) is 8.62. The molecule has 2 heterocycles. The fourth-order valence-corrected chi connectivity index (χ4v) is 6.68. The Morgan fingerprint density at radius 2 is 1.89 bits per heavy atom. The first kappa shape index (κ1) is 25.8. The van der Waals surface area contributed by atoms with E-state index in [-0.39, 0.29) is 12.8 Å². The Hall–Kier alpha value is -2.47. The average Bonchev–Trinajstić information content (AvgIpc) is 3.54. The van der Waals surface area contributed by atoms with Crippen molar-refractivity contribution in [1.29, 1.82) is 0 Å². The van der Waals surface area contributed by atoms with Crippen molar-refractivity contribution in [3.05, 3.63) is 81.9 Å². The molecule has 0 unspecified atom stereocenters. The summed E-state index contributed by atoms with van der Waals surface area (Å²) in [6.07, 6.45) is 10.3. The number of aryl methyl sites for hydroxylation is 2. The SMILES string of the molecule is Cc1ccc2c(c1)CCCC(C1=CCC3(CC1)OCCO3)=C2c1ccc(O[C@H]2CCN(CCCF)C2)cc1. The lowest BCUT2D eigenvalue weighted by Gasteiger charge is -2.32. The number of benzene rings is 2. The summed E-state index contributed by atoms with van der Waals surface area (Å²) in [5, 5.41) is 0. The van der Waals surface area contributed by atoms with Gasteiger partial charge in [0.05, 0.1) is 19.9 Å². The lowest BCUT2D eigenvalue weighted by Crippen LogP contribution is -2.32. The van der Waals surface area contributed by atoms with E-state index in [4.69, 9.17) is 14.2 Å². The second-order valence-electron chi connectivity index (χ2n) is 11.3. The average molecular weight is 518 g/mol. The maximum Gasteiger partial charge on any atom is 0.172 e. The number of allylic oxidation sites excluding steroid dienone is 2. The number of halogens is 1. The number of rotatable bonds is 7. The second kappa shape index (κ2) is 11.3. The molecule has 2 aromatic rings. The minimum absolute atomic E-state index is 0.177. The molecule has 0 amide bonds. The molecule has 6 rings (SSSR count). The minimum Gasteiger partial charge on any atom is -0.489 e. The van der Waals surface area contributed by atoms with Gasteiger partial charge in [0.25, 0.3) is 0 Å². The van der Waals surface area contributed by atoms with Crippen LogP contribution < -0.4 is 4.74 Å². The summed E-state index contributed by atoms with van der Waals surface area (Å²) in [6.45, 7) is 6.04. The molecule has 2 aromatic carbocycles. The van der Waals surface area contributed by atoms with Crippen molar-refractivity contribution in [2.45, 2.75) is 70.2 Å². The van der Waals surface area contributed by atoms with Gasteiger partial charge in [-0.15, -0.1) is 0 Å². The van der Waals surface area contributed by atoms with Crippen molar-refractivity contribution in [2.24, 2.45) is 0 Å². The van der Waals surface area contributed by atoms with E-state index in [1.165, 1.54) is 39.0 Å². The molecule has 0 bridgehead atoms. The van der Waals surface area contributed by atoms with Gasteiger partial charge in [0, 0.05) is 32.5 Å². The van der Waals surface area contributed by atoms with E-state index in [1.807, 2.05) is 0 Å². The quantitative estimate of drug-likeness (QED) is 0.404. The molecule has 2 aliphatic heterocycles. The van der Waals surface area contributed by atoms with E-state index in [0.29, 0.717) is 19.6 Å². The Morgan fingerprint density at radius 3 is 2.66 bits per heavy atom. The highest BCUT2D eigenvalue weighted by Gasteiger charge is 2.38. The number of fused-ring (bicyclic) bond motifs is 1. The van der Waals surface area contributed by atoms with Crippen LogP contribution in [0.15, 0.2) is 59.7 Å². The summed E-state index contributed by atoms with van der Waals surface area (Å²) in [4.78, 5) is 2.31. The Bertz CT molecular complexity index is 1200. The number of hydrogen-bond acceptors (Lipinski definition) is 4. The van der Waals surface area contributed by atoms with Gasteiger partial charge in [-0.05, 0) is 91.0 Å². The van der Waals surface area contributed by atoms with Gasteiger partial charge in [0.1, 0.15) is 11.9 Å². The lowest BCUT2D eigenvalue weighted by atomic mass is 9.82. The Kier molecular flexibility index (Phi) is 7.69. The number of likely N-dealkylation sites (tertiary alicyclic amines) is 1. The largest absolute Gasteiger partial charge is 0.489 e. The van der Waals surface area contributed by atoms with E-state index >= 15 is 0 Å². The van der Waals surface area contributed by atoms with Crippen LogP contribution in [0.25, 0.3) is 5.57 Å². The predicted octanol–water partition coefficient (Wildman–Crippen LogP) is 6.80.